The van der Waals surface area contributed by atoms with Crippen molar-refractivity contribution in [2.24, 2.45) is 5.92 Å². The van der Waals surface area contributed by atoms with Crippen LogP contribution in [0.4, 0.5) is 0 Å². The minimum Gasteiger partial charge on any atom is -0.311 e. The molecule has 2 nitrogen and oxygen atoms in total. The first kappa shape index (κ1) is 15.5. The summed E-state index contributed by atoms with van der Waals surface area (Å²) in [4.78, 5) is 2.40. The molecule has 0 amide bonds. The molecule has 0 aromatic heterocycles. The fourth-order valence-electron chi connectivity index (χ4n) is 3.07. The number of hydrogen-bond acceptors (Lipinski definition) is 2. The van der Waals surface area contributed by atoms with Crippen LogP contribution < -0.4 is 5.32 Å². The van der Waals surface area contributed by atoms with E-state index in [1.807, 2.05) is 0 Å². The van der Waals surface area contributed by atoms with Crippen LogP contribution in [0, 0.1) is 5.92 Å². The molecule has 20 heavy (non-hydrogen) atoms. The normalized spacial score (nSPS) is 17.5. The lowest BCUT2D eigenvalue weighted by Crippen LogP contribution is -2.56. The van der Waals surface area contributed by atoms with Gasteiger partial charge in [-0.3, -0.25) is 0 Å². The Morgan fingerprint density at radius 3 is 2.15 bits per heavy atom. The van der Waals surface area contributed by atoms with Gasteiger partial charge >= 0.3 is 0 Å². The second kappa shape index (κ2) is 6.73. The van der Waals surface area contributed by atoms with Crippen LogP contribution in [-0.2, 0) is 13.0 Å². The zero-order valence-corrected chi connectivity index (χ0v) is 13.6. The summed E-state index contributed by atoms with van der Waals surface area (Å²) in [5.74, 6) is 0.734. The molecule has 1 aromatic rings. The van der Waals surface area contributed by atoms with Crippen molar-refractivity contribution in [3.8, 4) is 0 Å². The van der Waals surface area contributed by atoms with Crippen LogP contribution in [-0.4, -0.2) is 31.1 Å². The Hall–Kier alpha value is -0.860. The minimum absolute atomic E-state index is 0.414. The van der Waals surface area contributed by atoms with Crippen LogP contribution in [0.15, 0.2) is 24.3 Å². The van der Waals surface area contributed by atoms with Crippen molar-refractivity contribution in [3.63, 3.8) is 0 Å². The summed E-state index contributed by atoms with van der Waals surface area (Å²) in [5.41, 5.74) is 3.26. The molecular formula is C18H30N2. The Morgan fingerprint density at radius 2 is 1.70 bits per heavy atom. The maximum Gasteiger partial charge on any atom is 0.0328 e. The lowest BCUT2D eigenvalue weighted by molar-refractivity contribution is 0.0598. The van der Waals surface area contributed by atoms with E-state index in [2.05, 4.69) is 62.4 Å². The van der Waals surface area contributed by atoms with Crippen LogP contribution in [0.2, 0.25) is 0 Å². The van der Waals surface area contributed by atoms with Gasteiger partial charge in [0.15, 0.2) is 0 Å². The van der Waals surface area contributed by atoms with E-state index in [0.717, 1.165) is 19.0 Å². The van der Waals surface area contributed by atoms with Crippen molar-refractivity contribution >= 4 is 0 Å². The molecule has 112 valence electrons. The minimum atomic E-state index is 0.414. The third-order valence-corrected chi connectivity index (χ3v) is 4.68. The molecule has 0 saturated heterocycles. The molecule has 1 fully saturated rings. The number of likely N-dealkylation sites (N-methyl/N-ethyl adjacent to an activating group) is 1. The Morgan fingerprint density at radius 1 is 1.10 bits per heavy atom. The summed E-state index contributed by atoms with van der Waals surface area (Å²) < 4.78 is 0. The van der Waals surface area contributed by atoms with E-state index in [4.69, 9.17) is 0 Å². The Kier molecular flexibility index (Phi) is 5.22. The standard InChI is InChI=1S/C18H30N2/c1-15(2)12-16-6-8-17(9-7-16)13-19-14-18(20(3)4)10-5-11-18/h6-9,15,19H,5,10-14H2,1-4H3. The number of rotatable bonds is 7. The molecule has 1 saturated carbocycles. The first-order valence-corrected chi connectivity index (χ1v) is 7.98. The van der Waals surface area contributed by atoms with Gasteiger partial charge in [0.1, 0.15) is 0 Å². The van der Waals surface area contributed by atoms with Gasteiger partial charge in [-0.1, -0.05) is 38.1 Å². The first-order chi connectivity index (χ1) is 9.52. The smallest absolute Gasteiger partial charge is 0.0328 e. The lowest BCUT2D eigenvalue weighted by atomic mass is 9.75. The largest absolute Gasteiger partial charge is 0.311 e. The molecule has 0 radical (unpaired) electrons. The molecule has 1 aromatic carbocycles. The van der Waals surface area contributed by atoms with Crippen molar-refractivity contribution in [2.45, 2.75) is 51.6 Å². The van der Waals surface area contributed by atoms with Crippen molar-refractivity contribution < 1.29 is 0 Å². The predicted molar refractivity (Wildman–Crippen MR) is 87.0 cm³/mol. The zero-order chi connectivity index (χ0) is 14.6. The molecule has 1 aliphatic carbocycles. The highest BCUT2D eigenvalue weighted by atomic mass is 15.2. The molecule has 0 heterocycles. The fourth-order valence-corrected chi connectivity index (χ4v) is 3.07. The second-order valence-electron chi connectivity index (χ2n) is 6.99. The van der Waals surface area contributed by atoms with E-state index in [9.17, 15) is 0 Å². The molecule has 0 atom stereocenters. The molecule has 0 unspecified atom stereocenters. The van der Waals surface area contributed by atoms with E-state index in [0.29, 0.717) is 5.54 Å². The van der Waals surface area contributed by atoms with E-state index < -0.39 is 0 Å². The van der Waals surface area contributed by atoms with Gasteiger partial charge in [0.25, 0.3) is 0 Å². The second-order valence-corrected chi connectivity index (χ2v) is 6.99. The van der Waals surface area contributed by atoms with Crippen molar-refractivity contribution in [3.05, 3.63) is 35.4 Å². The molecule has 1 aliphatic rings. The summed E-state index contributed by atoms with van der Waals surface area (Å²) in [7, 11) is 4.42. The summed E-state index contributed by atoms with van der Waals surface area (Å²) in [6, 6.07) is 9.10. The lowest BCUT2D eigenvalue weighted by Gasteiger charge is -2.47. The average molecular weight is 274 g/mol. The topological polar surface area (TPSA) is 15.3 Å². The van der Waals surface area contributed by atoms with Gasteiger partial charge in [-0.05, 0) is 56.8 Å². The monoisotopic (exact) mass is 274 g/mol. The molecule has 2 rings (SSSR count). The number of nitrogens with zero attached hydrogens (tertiary/aromatic N) is 1. The summed E-state index contributed by atoms with van der Waals surface area (Å²) in [5, 5.41) is 3.64. The van der Waals surface area contributed by atoms with E-state index >= 15 is 0 Å². The van der Waals surface area contributed by atoms with Gasteiger partial charge in [0.2, 0.25) is 0 Å². The maximum absolute atomic E-state index is 3.64. The highest BCUT2D eigenvalue weighted by Gasteiger charge is 2.38. The van der Waals surface area contributed by atoms with Crippen molar-refractivity contribution in [2.75, 3.05) is 20.6 Å². The van der Waals surface area contributed by atoms with Crippen LogP contribution in [0.5, 0.6) is 0 Å². The molecule has 2 heteroatoms. The third-order valence-electron chi connectivity index (χ3n) is 4.68. The number of hydrogen-bond donors (Lipinski definition) is 1. The average Bonchev–Trinajstić information content (AvgIpc) is 2.33. The van der Waals surface area contributed by atoms with Gasteiger partial charge in [-0.25, -0.2) is 0 Å². The van der Waals surface area contributed by atoms with Gasteiger partial charge in [0, 0.05) is 18.6 Å². The van der Waals surface area contributed by atoms with E-state index in [1.165, 1.54) is 36.8 Å². The SMILES string of the molecule is CC(C)Cc1ccc(CNCC2(N(C)C)CCC2)cc1. The quantitative estimate of drug-likeness (QED) is 0.819. The fraction of sp³-hybridized carbons (Fsp3) is 0.667. The van der Waals surface area contributed by atoms with Crippen LogP contribution in [0.25, 0.3) is 0 Å². The molecule has 0 bridgehead atoms. The Bertz CT molecular complexity index is 402. The maximum atomic E-state index is 3.64. The Balaban J connectivity index is 1.79. The highest BCUT2D eigenvalue weighted by Crippen LogP contribution is 2.35. The molecule has 0 aliphatic heterocycles. The summed E-state index contributed by atoms with van der Waals surface area (Å²) >= 11 is 0. The molecule has 1 N–H and O–H groups in total. The highest BCUT2D eigenvalue weighted by molar-refractivity contribution is 5.22. The Labute approximate surface area is 124 Å². The number of benzene rings is 1. The van der Waals surface area contributed by atoms with Gasteiger partial charge in [-0.15, -0.1) is 0 Å². The van der Waals surface area contributed by atoms with Crippen LogP contribution in [0.3, 0.4) is 0 Å². The molecule has 0 spiro atoms. The first-order valence-electron chi connectivity index (χ1n) is 7.98. The molecular weight excluding hydrogens is 244 g/mol. The van der Waals surface area contributed by atoms with Crippen LogP contribution in [0.1, 0.15) is 44.2 Å². The zero-order valence-electron chi connectivity index (χ0n) is 13.6. The van der Waals surface area contributed by atoms with Gasteiger partial charge in [0.05, 0.1) is 0 Å². The third kappa shape index (κ3) is 3.83. The van der Waals surface area contributed by atoms with Crippen molar-refractivity contribution in [1.29, 1.82) is 0 Å². The van der Waals surface area contributed by atoms with E-state index in [-0.39, 0.29) is 0 Å². The van der Waals surface area contributed by atoms with E-state index in [1.54, 1.807) is 0 Å². The van der Waals surface area contributed by atoms with Gasteiger partial charge in [-0.2, -0.15) is 0 Å². The number of nitrogens with one attached hydrogen (secondary N) is 1. The van der Waals surface area contributed by atoms with Crippen LogP contribution >= 0.6 is 0 Å². The summed E-state index contributed by atoms with van der Waals surface area (Å²) in [6.45, 7) is 6.63. The summed E-state index contributed by atoms with van der Waals surface area (Å²) in [6.07, 6.45) is 5.22. The predicted octanol–water partition coefficient (Wildman–Crippen LogP) is 3.46. The van der Waals surface area contributed by atoms with Crippen molar-refractivity contribution in [1.82, 2.24) is 10.2 Å². The van der Waals surface area contributed by atoms with Gasteiger partial charge < -0.3 is 10.2 Å².